The number of ether oxygens (including phenoxy) is 1. The van der Waals surface area contributed by atoms with Gasteiger partial charge in [0, 0.05) is 11.1 Å². The molecule has 2 atom stereocenters. The lowest BCUT2D eigenvalue weighted by Gasteiger charge is -2.25. The number of carbonyl (C=O) groups is 1. The Kier molecular flexibility index (Phi) is 8.38. The van der Waals surface area contributed by atoms with E-state index in [4.69, 9.17) is 9.73 Å². The van der Waals surface area contributed by atoms with Gasteiger partial charge >= 0.3 is 5.97 Å². The number of methoxy groups -OCH3 is 1. The number of nitrogens with zero attached hydrogens (tertiary/aromatic N) is 1. The van der Waals surface area contributed by atoms with Crippen molar-refractivity contribution in [3.8, 4) is 0 Å². The number of benzene rings is 5. The first-order chi connectivity index (χ1) is 19.9. The molecule has 0 aliphatic carbocycles. The minimum atomic E-state index is -4.06. The molecule has 5 aromatic carbocycles. The van der Waals surface area contributed by atoms with Gasteiger partial charge in [0.25, 0.3) is 0 Å². The molecule has 0 amide bonds. The Hall–Kier alpha value is -4.59. The highest BCUT2D eigenvalue weighted by molar-refractivity contribution is 7.89. The largest absolute Gasteiger partial charge is 0.467 e. The SMILES string of the molecule is COC(=O)[C@@H](N=C(c1ccccc1)c1ccccc1)[C@@H](NS(=O)(=O)c1ccc(C)cc1)c1ccc2ccccc2c1. The van der Waals surface area contributed by atoms with Crippen molar-refractivity contribution >= 4 is 32.5 Å². The van der Waals surface area contributed by atoms with Gasteiger partial charge in [-0.2, -0.15) is 0 Å². The molecule has 1 N–H and O–H groups in total. The maximum absolute atomic E-state index is 13.7. The van der Waals surface area contributed by atoms with Crippen LogP contribution < -0.4 is 4.72 Å². The highest BCUT2D eigenvalue weighted by atomic mass is 32.2. The molecule has 0 spiro atoms. The van der Waals surface area contributed by atoms with Crippen LogP contribution in [0.4, 0.5) is 0 Å². The molecule has 6 nitrogen and oxygen atoms in total. The second kappa shape index (κ2) is 12.3. The summed E-state index contributed by atoms with van der Waals surface area (Å²) < 4.78 is 35.5. The summed E-state index contributed by atoms with van der Waals surface area (Å²) in [5.74, 6) is -0.667. The molecule has 7 heteroatoms. The van der Waals surface area contributed by atoms with Gasteiger partial charge in [-0.25, -0.2) is 17.9 Å². The first-order valence-corrected chi connectivity index (χ1v) is 14.7. The maximum atomic E-state index is 13.7. The van der Waals surface area contributed by atoms with E-state index in [1.807, 2.05) is 110 Å². The Bertz CT molecular complexity index is 1740. The van der Waals surface area contributed by atoms with Crippen molar-refractivity contribution in [2.75, 3.05) is 7.11 Å². The third-order valence-electron chi connectivity index (χ3n) is 6.87. The number of fused-ring (bicyclic) bond motifs is 1. The maximum Gasteiger partial charge on any atom is 0.332 e. The van der Waals surface area contributed by atoms with E-state index in [9.17, 15) is 13.2 Å². The van der Waals surface area contributed by atoms with Crippen molar-refractivity contribution in [1.82, 2.24) is 4.72 Å². The Labute approximate surface area is 240 Å². The Morgan fingerprint density at radius 3 is 1.88 bits per heavy atom. The van der Waals surface area contributed by atoms with Crippen LogP contribution in [0.25, 0.3) is 10.8 Å². The molecular formula is C34H30N2O4S. The summed E-state index contributed by atoms with van der Waals surface area (Å²) in [6.07, 6.45) is 0. The van der Waals surface area contributed by atoms with Crippen molar-refractivity contribution in [1.29, 1.82) is 0 Å². The monoisotopic (exact) mass is 562 g/mol. The van der Waals surface area contributed by atoms with E-state index in [0.717, 1.165) is 27.5 Å². The second-order valence-corrected chi connectivity index (χ2v) is 11.4. The molecule has 0 unspecified atom stereocenters. The number of carbonyl (C=O) groups excluding carboxylic acids is 1. The van der Waals surface area contributed by atoms with E-state index >= 15 is 0 Å². The molecule has 41 heavy (non-hydrogen) atoms. The van der Waals surface area contributed by atoms with Gasteiger partial charge in [0.15, 0.2) is 6.04 Å². The zero-order chi connectivity index (χ0) is 28.8. The first-order valence-electron chi connectivity index (χ1n) is 13.2. The minimum Gasteiger partial charge on any atom is -0.467 e. The molecule has 206 valence electrons. The molecular weight excluding hydrogens is 532 g/mol. The average Bonchev–Trinajstić information content (AvgIpc) is 3.01. The summed E-state index contributed by atoms with van der Waals surface area (Å²) in [5, 5.41) is 1.90. The summed E-state index contributed by atoms with van der Waals surface area (Å²) in [6.45, 7) is 1.89. The molecule has 0 saturated carbocycles. The fourth-order valence-electron chi connectivity index (χ4n) is 4.70. The van der Waals surface area contributed by atoms with Crippen molar-refractivity contribution in [3.63, 3.8) is 0 Å². The zero-order valence-corrected chi connectivity index (χ0v) is 23.6. The van der Waals surface area contributed by atoms with Crippen molar-refractivity contribution in [2.24, 2.45) is 4.99 Å². The van der Waals surface area contributed by atoms with Crippen LogP contribution in [0, 0.1) is 6.92 Å². The number of rotatable bonds is 9. The molecule has 0 radical (unpaired) electrons. The lowest BCUT2D eigenvalue weighted by atomic mass is 9.96. The lowest BCUT2D eigenvalue weighted by molar-refractivity contribution is -0.142. The summed E-state index contributed by atoms with van der Waals surface area (Å²) >= 11 is 0. The predicted octanol–water partition coefficient (Wildman–Crippen LogP) is 6.25. The molecule has 0 bridgehead atoms. The standard InChI is InChI=1S/C34H30N2O4S/c1-24-17-21-30(22-18-24)41(38,39)36-32(29-20-19-25-11-9-10-16-28(25)23-29)33(34(37)40-2)35-31(26-12-5-3-6-13-26)27-14-7-4-8-15-27/h3-23,32-33,36H,1-2H3/t32-,33-/m0/s1. The fourth-order valence-corrected chi connectivity index (χ4v) is 5.93. The van der Waals surface area contributed by atoms with Crippen LogP contribution in [0.5, 0.6) is 0 Å². The smallest absolute Gasteiger partial charge is 0.332 e. The van der Waals surface area contributed by atoms with Crippen molar-refractivity contribution in [3.05, 3.63) is 150 Å². The van der Waals surface area contributed by atoms with Crippen LogP contribution in [0.1, 0.15) is 28.3 Å². The van der Waals surface area contributed by atoms with Crippen LogP contribution in [-0.2, 0) is 19.6 Å². The van der Waals surface area contributed by atoms with Crippen LogP contribution >= 0.6 is 0 Å². The molecule has 0 aromatic heterocycles. The van der Waals surface area contributed by atoms with Crippen molar-refractivity contribution in [2.45, 2.75) is 23.9 Å². The Balaban J connectivity index is 1.71. The number of esters is 1. The normalized spacial score (nSPS) is 12.8. The van der Waals surface area contributed by atoms with Gasteiger partial charge < -0.3 is 4.74 Å². The molecule has 0 fully saturated rings. The molecule has 5 rings (SSSR count). The summed E-state index contributed by atoms with van der Waals surface area (Å²) in [4.78, 5) is 18.5. The van der Waals surface area contributed by atoms with Crippen LogP contribution in [0.3, 0.4) is 0 Å². The quantitative estimate of drug-likeness (QED) is 0.170. The van der Waals surface area contributed by atoms with E-state index in [-0.39, 0.29) is 4.90 Å². The highest BCUT2D eigenvalue weighted by Gasteiger charge is 2.35. The second-order valence-electron chi connectivity index (χ2n) is 9.70. The van der Waals surface area contributed by atoms with Crippen LogP contribution in [-0.4, -0.2) is 33.3 Å². The number of nitrogens with one attached hydrogen (secondary N) is 1. The topological polar surface area (TPSA) is 84.8 Å². The van der Waals surface area contributed by atoms with Crippen LogP contribution in [0.15, 0.2) is 137 Å². The van der Waals surface area contributed by atoms with Gasteiger partial charge in [0.1, 0.15) is 0 Å². The molecule has 0 saturated heterocycles. The van der Waals surface area contributed by atoms with Gasteiger partial charge in [-0.1, -0.05) is 115 Å². The number of sulfonamides is 1. The zero-order valence-electron chi connectivity index (χ0n) is 22.8. The summed E-state index contributed by atoms with van der Waals surface area (Å²) in [7, 11) is -2.78. The minimum absolute atomic E-state index is 0.0906. The molecule has 5 aromatic rings. The molecule has 0 aliphatic heterocycles. The highest BCUT2D eigenvalue weighted by Crippen LogP contribution is 2.28. The number of hydrogen-bond donors (Lipinski definition) is 1. The van der Waals surface area contributed by atoms with Crippen LogP contribution in [0.2, 0.25) is 0 Å². The Morgan fingerprint density at radius 1 is 0.732 bits per heavy atom. The van der Waals surface area contributed by atoms with Gasteiger partial charge in [-0.05, 0) is 41.5 Å². The van der Waals surface area contributed by atoms with E-state index in [2.05, 4.69) is 4.72 Å². The summed E-state index contributed by atoms with van der Waals surface area (Å²) in [5.41, 5.74) is 3.63. The lowest BCUT2D eigenvalue weighted by Crippen LogP contribution is -2.40. The van der Waals surface area contributed by atoms with E-state index in [1.54, 1.807) is 24.3 Å². The number of hydrogen-bond acceptors (Lipinski definition) is 5. The molecule has 0 heterocycles. The van der Waals surface area contributed by atoms with E-state index in [0.29, 0.717) is 11.3 Å². The first kappa shape index (κ1) is 28.0. The van der Waals surface area contributed by atoms with Crippen molar-refractivity contribution < 1.29 is 17.9 Å². The fraction of sp³-hybridized carbons (Fsp3) is 0.118. The van der Waals surface area contributed by atoms with Gasteiger partial charge in [0.05, 0.1) is 23.8 Å². The van der Waals surface area contributed by atoms with E-state index in [1.165, 1.54) is 7.11 Å². The number of aryl methyl sites for hydroxylation is 1. The predicted molar refractivity (Wildman–Crippen MR) is 163 cm³/mol. The molecule has 0 aliphatic rings. The third-order valence-corrected chi connectivity index (χ3v) is 8.32. The summed E-state index contributed by atoms with van der Waals surface area (Å²) in [6, 6.07) is 36.6. The Morgan fingerprint density at radius 2 is 1.29 bits per heavy atom. The van der Waals surface area contributed by atoms with E-state index < -0.39 is 28.1 Å². The number of aliphatic imine (C=N–C) groups is 1. The van der Waals surface area contributed by atoms with Gasteiger partial charge in [-0.15, -0.1) is 0 Å². The third kappa shape index (κ3) is 6.43. The van der Waals surface area contributed by atoms with Gasteiger partial charge in [0.2, 0.25) is 10.0 Å². The van der Waals surface area contributed by atoms with Gasteiger partial charge in [-0.3, -0.25) is 4.99 Å². The average molecular weight is 563 g/mol.